The van der Waals surface area contributed by atoms with E-state index >= 15 is 0 Å². The van der Waals surface area contributed by atoms with Gasteiger partial charge in [0.25, 0.3) is 0 Å². The number of hydrogen-bond acceptors (Lipinski definition) is 5. The van der Waals surface area contributed by atoms with E-state index in [9.17, 15) is 9.59 Å². The van der Waals surface area contributed by atoms with Gasteiger partial charge in [0.05, 0.1) is 6.42 Å². The first-order chi connectivity index (χ1) is 14.7. The van der Waals surface area contributed by atoms with E-state index in [1.807, 2.05) is 54.6 Å². The van der Waals surface area contributed by atoms with Gasteiger partial charge in [-0.3, -0.25) is 4.79 Å². The molecule has 30 heavy (non-hydrogen) atoms. The summed E-state index contributed by atoms with van der Waals surface area (Å²) in [5, 5.41) is 3.67. The van der Waals surface area contributed by atoms with Crippen LogP contribution in [0.1, 0.15) is 11.1 Å². The molecule has 6 nitrogen and oxygen atoms in total. The van der Waals surface area contributed by atoms with Gasteiger partial charge >= 0.3 is 5.63 Å². The van der Waals surface area contributed by atoms with E-state index in [1.54, 1.807) is 24.3 Å². The van der Waals surface area contributed by atoms with Gasteiger partial charge in [0.15, 0.2) is 5.75 Å². The predicted molar refractivity (Wildman–Crippen MR) is 113 cm³/mol. The van der Waals surface area contributed by atoms with Crippen LogP contribution in [0.15, 0.2) is 94.1 Å². The molecular weight excluding hydrogens is 382 g/mol. The minimum Gasteiger partial charge on any atom is -0.423 e. The highest BCUT2D eigenvalue weighted by atomic mass is 17.2. The largest absolute Gasteiger partial charge is 0.423 e. The van der Waals surface area contributed by atoms with Gasteiger partial charge < -0.3 is 14.6 Å². The molecule has 1 amide bonds. The first-order valence-electron chi connectivity index (χ1n) is 9.42. The minimum atomic E-state index is -0.420. The fourth-order valence-electron chi connectivity index (χ4n) is 2.93. The number of hydrogen-bond donors (Lipinski definition) is 1. The first-order valence-corrected chi connectivity index (χ1v) is 9.42. The topological polar surface area (TPSA) is 77.8 Å². The lowest BCUT2D eigenvalue weighted by Gasteiger charge is -2.08. The van der Waals surface area contributed by atoms with Crippen LogP contribution >= 0.6 is 0 Å². The van der Waals surface area contributed by atoms with Gasteiger partial charge in [0.2, 0.25) is 5.91 Å². The predicted octanol–water partition coefficient (Wildman–Crippen LogP) is 4.48. The third kappa shape index (κ3) is 5.12. The fourth-order valence-corrected chi connectivity index (χ4v) is 2.93. The third-order valence-corrected chi connectivity index (χ3v) is 4.42. The van der Waals surface area contributed by atoms with Crippen LogP contribution in [-0.4, -0.2) is 5.91 Å². The third-order valence-electron chi connectivity index (χ3n) is 4.42. The summed E-state index contributed by atoms with van der Waals surface area (Å²) in [5.74, 6) is 0.359. The number of amides is 1. The number of carbonyl (C=O) groups excluding carboxylic acids is 1. The summed E-state index contributed by atoms with van der Waals surface area (Å²) >= 11 is 0. The second-order valence-corrected chi connectivity index (χ2v) is 6.71. The maximum atomic E-state index is 12.1. The van der Waals surface area contributed by atoms with Crippen LogP contribution in [0.2, 0.25) is 0 Å². The standard InChI is InChI=1S/C24H19NO5/c26-23(14-17-4-2-1-3-5-17)25-20-10-6-18(7-11-20)16-28-30-21-12-8-19-9-13-24(27)29-22(19)15-21/h1-13,15H,14,16H2,(H,25,26). The van der Waals surface area contributed by atoms with E-state index in [0.717, 1.165) is 16.5 Å². The summed E-state index contributed by atoms with van der Waals surface area (Å²) < 4.78 is 5.12. The van der Waals surface area contributed by atoms with Gasteiger partial charge in [-0.2, -0.15) is 4.89 Å². The Balaban J connectivity index is 1.28. The maximum absolute atomic E-state index is 12.1. The molecule has 3 aromatic carbocycles. The number of anilines is 1. The Kier molecular flexibility index (Phi) is 5.87. The average Bonchev–Trinajstić information content (AvgIpc) is 2.75. The Bertz CT molecular complexity index is 1200. The summed E-state index contributed by atoms with van der Waals surface area (Å²) in [7, 11) is 0. The van der Waals surface area contributed by atoms with Crippen LogP contribution in [0.5, 0.6) is 5.75 Å². The van der Waals surface area contributed by atoms with Crippen molar-refractivity contribution in [1.82, 2.24) is 0 Å². The van der Waals surface area contributed by atoms with E-state index in [1.165, 1.54) is 6.07 Å². The molecule has 0 bridgehead atoms. The van der Waals surface area contributed by atoms with Gasteiger partial charge in [-0.15, -0.1) is 0 Å². The monoisotopic (exact) mass is 401 g/mol. The second-order valence-electron chi connectivity index (χ2n) is 6.71. The Morgan fingerprint density at radius 3 is 2.43 bits per heavy atom. The molecule has 4 aromatic rings. The van der Waals surface area contributed by atoms with Crippen LogP contribution in [-0.2, 0) is 22.7 Å². The molecule has 6 heteroatoms. The Morgan fingerprint density at radius 1 is 0.867 bits per heavy atom. The van der Waals surface area contributed by atoms with Crippen molar-refractivity contribution >= 4 is 22.6 Å². The zero-order chi connectivity index (χ0) is 20.8. The average molecular weight is 401 g/mol. The van der Waals surface area contributed by atoms with Crippen molar-refractivity contribution in [3.8, 4) is 5.75 Å². The number of fused-ring (bicyclic) bond motifs is 1. The molecule has 1 N–H and O–H groups in total. The van der Waals surface area contributed by atoms with Crippen molar-refractivity contribution in [3.05, 3.63) is 106 Å². The summed E-state index contributed by atoms with van der Waals surface area (Å²) in [5.41, 5.74) is 2.56. The normalized spacial score (nSPS) is 10.7. The molecule has 0 spiro atoms. The molecule has 0 fully saturated rings. The van der Waals surface area contributed by atoms with Crippen molar-refractivity contribution in [2.75, 3.05) is 5.32 Å². The number of carbonyl (C=O) groups is 1. The molecule has 4 rings (SSSR count). The molecule has 0 saturated carbocycles. The molecule has 0 radical (unpaired) electrons. The van der Waals surface area contributed by atoms with Crippen LogP contribution in [0.4, 0.5) is 5.69 Å². The van der Waals surface area contributed by atoms with Crippen molar-refractivity contribution < 1.29 is 19.0 Å². The van der Waals surface area contributed by atoms with Crippen LogP contribution in [0.25, 0.3) is 11.0 Å². The highest BCUT2D eigenvalue weighted by molar-refractivity contribution is 5.92. The molecule has 0 unspecified atom stereocenters. The number of benzene rings is 3. The Hall–Kier alpha value is -3.90. The smallest absolute Gasteiger partial charge is 0.336 e. The molecule has 1 aromatic heterocycles. The highest BCUT2D eigenvalue weighted by Crippen LogP contribution is 2.20. The molecule has 0 aliphatic heterocycles. The Morgan fingerprint density at radius 2 is 1.63 bits per heavy atom. The summed E-state index contributed by atoms with van der Waals surface area (Å²) in [6, 6.07) is 25.1. The lowest BCUT2D eigenvalue weighted by molar-refractivity contribution is -0.217. The van der Waals surface area contributed by atoms with Crippen molar-refractivity contribution in [3.63, 3.8) is 0 Å². The summed E-state index contributed by atoms with van der Waals surface area (Å²) in [4.78, 5) is 34.0. The lowest BCUT2D eigenvalue weighted by Crippen LogP contribution is -2.14. The van der Waals surface area contributed by atoms with Gasteiger partial charge in [-0.1, -0.05) is 42.5 Å². The fraction of sp³-hybridized carbons (Fsp3) is 0.0833. The van der Waals surface area contributed by atoms with E-state index in [4.69, 9.17) is 14.2 Å². The zero-order valence-electron chi connectivity index (χ0n) is 16.0. The highest BCUT2D eigenvalue weighted by Gasteiger charge is 2.05. The number of nitrogens with one attached hydrogen (secondary N) is 1. The van der Waals surface area contributed by atoms with Crippen molar-refractivity contribution in [2.24, 2.45) is 0 Å². The van der Waals surface area contributed by atoms with E-state index in [2.05, 4.69) is 5.32 Å². The maximum Gasteiger partial charge on any atom is 0.336 e. The van der Waals surface area contributed by atoms with Gasteiger partial charge in [-0.05, 0) is 41.5 Å². The summed E-state index contributed by atoms with van der Waals surface area (Å²) in [6.45, 7) is 0.217. The van der Waals surface area contributed by atoms with Gasteiger partial charge in [-0.25, -0.2) is 4.79 Å². The van der Waals surface area contributed by atoms with E-state index in [0.29, 0.717) is 23.4 Å². The quantitative estimate of drug-likeness (QED) is 0.281. The van der Waals surface area contributed by atoms with Crippen LogP contribution in [0.3, 0.4) is 0 Å². The first kappa shape index (κ1) is 19.4. The van der Waals surface area contributed by atoms with Crippen molar-refractivity contribution in [2.45, 2.75) is 13.0 Å². The van der Waals surface area contributed by atoms with Gasteiger partial charge in [0.1, 0.15) is 12.2 Å². The van der Waals surface area contributed by atoms with Gasteiger partial charge in [0, 0.05) is 23.2 Å². The second kappa shape index (κ2) is 9.07. The molecule has 0 atom stereocenters. The minimum absolute atomic E-state index is 0.0727. The SMILES string of the molecule is O=C(Cc1ccccc1)Nc1ccc(COOc2ccc3ccc(=O)oc3c2)cc1. The molecule has 150 valence electrons. The zero-order valence-corrected chi connectivity index (χ0v) is 16.0. The van der Waals surface area contributed by atoms with E-state index in [-0.39, 0.29) is 12.5 Å². The summed E-state index contributed by atoms with van der Waals surface area (Å²) in [6.07, 6.45) is 0.325. The molecular formula is C24H19NO5. The van der Waals surface area contributed by atoms with Crippen molar-refractivity contribution in [1.29, 1.82) is 0 Å². The Labute approximate surface area is 172 Å². The molecule has 0 saturated heterocycles. The number of rotatable bonds is 7. The van der Waals surface area contributed by atoms with Crippen LogP contribution in [0, 0.1) is 0 Å². The lowest BCUT2D eigenvalue weighted by atomic mass is 10.1. The molecule has 1 heterocycles. The van der Waals surface area contributed by atoms with Crippen LogP contribution < -0.4 is 15.8 Å². The van der Waals surface area contributed by atoms with E-state index < -0.39 is 5.63 Å². The molecule has 0 aliphatic rings. The molecule has 0 aliphatic carbocycles.